The van der Waals surface area contributed by atoms with Crippen LogP contribution in [0.1, 0.15) is 51.9 Å². The van der Waals surface area contributed by atoms with Crippen LogP contribution >= 0.6 is 11.8 Å². The summed E-state index contributed by atoms with van der Waals surface area (Å²) in [5.74, 6) is 2.66. The number of rotatable bonds is 11. The Kier molecular flexibility index (Phi) is 11.2. The highest BCUT2D eigenvalue weighted by Gasteiger charge is 2.08. The largest absolute Gasteiger partial charge is 0.315 e. The van der Waals surface area contributed by atoms with Crippen molar-refractivity contribution in [1.29, 1.82) is 0 Å². The SMILES string of the molecule is CCCCCCCCCNCCN1CCSCC1. The highest BCUT2D eigenvalue weighted by molar-refractivity contribution is 7.99. The Labute approximate surface area is 118 Å². The lowest BCUT2D eigenvalue weighted by Crippen LogP contribution is -2.37. The zero-order chi connectivity index (χ0) is 12.9. The standard InChI is InChI=1S/C15H32N2S/c1-2-3-4-5-6-7-8-9-16-10-11-17-12-14-18-15-13-17/h16H,2-15H2,1H3. The monoisotopic (exact) mass is 272 g/mol. The molecule has 1 N–H and O–H groups in total. The molecule has 0 spiro atoms. The molecule has 1 aliphatic rings. The van der Waals surface area contributed by atoms with Crippen LogP contribution in [0.3, 0.4) is 0 Å². The minimum absolute atomic E-state index is 1.18. The molecule has 0 saturated carbocycles. The molecule has 1 heterocycles. The average molecular weight is 273 g/mol. The summed E-state index contributed by atoms with van der Waals surface area (Å²) in [4.78, 5) is 2.59. The van der Waals surface area contributed by atoms with E-state index in [9.17, 15) is 0 Å². The van der Waals surface area contributed by atoms with Crippen molar-refractivity contribution >= 4 is 11.8 Å². The predicted octanol–water partition coefficient (Wildman–Crippen LogP) is 3.38. The summed E-state index contributed by atoms with van der Waals surface area (Å²) in [5, 5.41) is 3.59. The van der Waals surface area contributed by atoms with E-state index in [1.165, 1.54) is 89.2 Å². The number of thioether (sulfide) groups is 1. The molecule has 1 aliphatic heterocycles. The first-order valence-electron chi connectivity index (χ1n) is 7.94. The van der Waals surface area contributed by atoms with Crippen LogP contribution in [-0.2, 0) is 0 Å². The molecule has 0 aromatic rings. The van der Waals surface area contributed by atoms with Gasteiger partial charge in [-0.2, -0.15) is 11.8 Å². The lowest BCUT2D eigenvalue weighted by atomic mass is 10.1. The zero-order valence-corrected chi connectivity index (χ0v) is 13.1. The molecule has 108 valence electrons. The maximum atomic E-state index is 3.59. The fourth-order valence-electron chi connectivity index (χ4n) is 2.39. The van der Waals surface area contributed by atoms with Crippen molar-refractivity contribution in [3.8, 4) is 0 Å². The number of nitrogens with zero attached hydrogens (tertiary/aromatic N) is 1. The number of hydrogen-bond acceptors (Lipinski definition) is 3. The first kappa shape index (κ1) is 16.3. The van der Waals surface area contributed by atoms with Crippen LogP contribution in [0.15, 0.2) is 0 Å². The Balaban J connectivity index is 1.73. The summed E-state index contributed by atoms with van der Waals surface area (Å²) < 4.78 is 0. The Morgan fingerprint density at radius 1 is 0.889 bits per heavy atom. The van der Waals surface area contributed by atoms with Gasteiger partial charge in [-0.15, -0.1) is 0 Å². The summed E-state index contributed by atoms with van der Waals surface area (Å²) >= 11 is 2.09. The van der Waals surface area contributed by atoms with Gasteiger partial charge in [-0.1, -0.05) is 45.4 Å². The second kappa shape index (κ2) is 12.3. The maximum Gasteiger partial charge on any atom is 0.0107 e. The molecule has 3 heteroatoms. The first-order chi connectivity index (χ1) is 8.93. The molecular weight excluding hydrogens is 240 g/mol. The van der Waals surface area contributed by atoms with Crippen molar-refractivity contribution in [2.45, 2.75) is 51.9 Å². The molecular formula is C15H32N2S. The highest BCUT2D eigenvalue weighted by atomic mass is 32.2. The molecule has 0 amide bonds. The second-order valence-electron chi connectivity index (χ2n) is 5.33. The lowest BCUT2D eigenvalue weighted by molar-refractivity contribution is 0.301. The van der Waals surface area contributed by atoms with Gasteiger partial charge in [-0.25, -0.2) is 0 Å². The van der Waals surface area contributed by atoms with Crippen LogP contribution in [0.4, 0.5) is 0 Å². The summed E-state index contributed by atoms with van der Waals surface area (Å²) in [6.07, 6.45) is 9.88. The van der Waals surface area contributed by atoms with Crippen molar-refractivity contribution in [2.24, 2.45) is 0 Å². The summed E-state index contributed by atoms with van der Waals surface area (Å²) in [7, 11) is 0. The van der Waals surface area contributed by atoms with Crippen molar-refractivity contribution in [1.82, 2.24) is 10.2 Å². The smallest absolute Gasteiger partial charge is 0.0107 e. The zero-order valence-electron chi connectivity index (χ0n) is 12.3. The molecule has 1 fully saturated rings. The first-order valence-corrected chi connectivity index (χ1v) is 9.09. The highest BCUT2D eigenvalue weighted by Crippen LogP contribution is 2.08. The number of unbranched alkanes of at least 4 members (excludes halogenated alkanes) is 6. The van der Waals surface area contributed by atoms with E-state index in [4.69, 9.17) is 0 Å². The average Bonchev–Trinajstić information content (AvgIpc) is 2.42. The molecule has 0 aliphatic carbocycles. The third-order valence-corrected chi connectivity index (χ3v) is 4.61. The van der Waals surface area contributed by atoms with Gasteiger partial charge in [-0.05, 0) is 13.0 Å². The topological polar surface area (TPSA) is 15.3 Å². The molecule has 1 rings (SSSR count). The van der Waals surface area contributed by atoms with Crippen LogP contribution in [0.2, 0.25) is 0 Å². The van der Waals surface area contributed by atoms with Crippen molar-refractivity contribution in [2.75, 3.05) is 44.2 Å². The van der Waals surface area contributed by atoms with Crippen LogP contribution in [0.25, 0.3) is 0 Å². The van der Waals surface area contributed by atoms with E-state index in [0.29, 0.717) is 0 Å². The van der Waals surface area contributed by atoms with Gasteiger partial charge < -0.3 is 10.2 Å². The maximum absolute atomic E-state index is 3.59. The minimum Gasteiger partial charge on any atom is -0.315 e. The molecule has 2 nitrogen and oxygen atoms in total. The van der Waals surface area contributed by atoms with Gasteiger partial charge in [0, 0.05) is 37.7 Å². The van der Waals surface area contributed by atoms with E-state index in [0.717, 1.165) is 0 Å². The molecule has 0 unspecified atom stereocenters. The molecule has 0 aromatic carbocycles. The Bertz CT molecular complexity index is 170. The quantitative estimate of drug-likeness (QED) is 0.581. The Morgan fingerprint density at radius 3 is 2.28 bits per heavy atom. The van der Waals surface area contributed by atoms with Gasteiger partial charge in [0.15, 0.2) is 0 Å². The van der Waals surface area contributed by atoms with Crippen LogP contribution < -0.4 is 5.32 Å². The van der Waals surface area contributed by atoms with Gasteiger partial charge in [0.25, 0.3) is 0 Å². The number of nitrogens with one attached hydrogen (secondary N) is 1. The van der Waals surface area contributed by atoms with Gasteiger partial charge in [0.2, 0.25) is 0 Å². The second-order valence-corrected chi connectivity index (χ2v) is 6.55. The number of hydrogen-bond donors (Lipinski definition) is 1. The van der Waals surface area contributed by atoms with E-state index in [1.807, 2.05) is 0 Å². The van der Waals surface area contributed by atoms with E-state index >= 15 is 0 Å². The van der Waals surface area contributed by atoms with Crippen molar-refractivity contribution in [3.05, 3.63) is 0 Å². The van der Waals surface area contributed by atoms with Gasteiger partial charge >= 0.3 is 0 Å². The summed E-state index contributed by atoms with van der Waals surface area (Å²) in [6, 6.07) is 0. The molecule has 1 saturated heterocycles. The van der Waals surface area contributed by atoms with Crippen molar-refractivity contribution in [3.63, 3.8) is 0 Å². The van der Waals surface area contributed by atoms with Crippen LogP contribution in [0.5, 0.6) is 0 Å². The van der Waals surface area contributed by atoms with Gasteiger partial charge in [0.1, 0.15) is 0 Å². The molecule has 0 atom stereocenters. The summed E-state index contributed by atoms with van der Waals surface area (Å²) in [5.41, 5.74) is 0. The molecule has 0 aromatic heterocycles. The van der Waals surface area contributed by atoms with Crippen molar-refractivity contribution < 1.29 is 0 Å². The fourth-order valence-corrected chi connectivity index (χ4v) is 3.37. The normalized spacial score (nSPS) is 17.2. The third kappa shape index (κ3) is 9.23. The summed E-state index contributed by atoms with van der Waals surface area (Å²) in [6.45, 7) is 8.52. The minimum atomic E-state index is 1.18. The Morgan fingerprint density at radius 2 is 1.56 bits per heavy atom. The third-order valence-electron chi connectivity index (χ3n) is 3.67. The van der Waals surface area contributed by atoms with E-state index < -0.39 is 0 Å². The van der Waals surface area contributed by atoms with E-state index in [-0.39, 0.29) is 0 Å². The van der Waals surface area contributed by atoms with Crippen LogP contribution in [0, 0.1) is 0 Å². The van der Waals surface area contributed by atoms with Gasteiger partial charge in [0.05, 0.1) is 0 Å². The Hall–Kier alpha value is 0.270. The fraction of sp³-hybridized carbons (Fsp3) is 1.00. The lowest BCUT2D eigenvalue weighted by Gasteiger charge is -2.26. The van der Waals surface area contributed by atoms with Gasteiger partial charge in [-0.3, -0.25) is 0 Å². The molecule has 0 radical (unpaired) electrons. The molecule has 18 heavy (non-hydrogen) atoms. The van der Waals surface area contributed by atoms with E-state index in [2.05, 4.69) is 28.9 Å². The predicted molar refractivity (Wildman–Crippen MR) is 84.6 cm³/mol. The molecule has 0 bridgehead atoms. The van der Waals surface area contributed by atoms with Crippen LogP contribution in [-0.4, -0.2) is 49.1 Å². The van der Waals surface area contributed by atoms with E-state index in [1.54, 1.807) is 0 Å².